The highest BCUT2D eigenvalue weighted by molar-refractivity contribution is 7.99. The number of hydrogen-bond donors (Lipinski definition) is 4. The minimum atomic E-state index is -1.14. The summed E-state index contributed by atoms with van der Waals surface area (Å²) in [4.78, 5) is 22.2. The fourth-order valence-electron chi connectivity index (χ4n) is 1.34. The lowest BCUT2D eigenvalue weighted by molar-refractivity contribution is 0.0696. The Morgan fingerprint density at radius 1 is 1.40 bits per heavy atom. The van der Waals surface area contributed by atoms with Gasteiger partial charge in [0.05, 0.1) is 11.3 Å². The van der Waals surface area contributed by atoms with Crippen molar-refractivity contribution in [2.24, 2.45) is 0 Å². The van der Waals surface area contributed by atoms with Crippen molar-refractivity contribution in [3.05, 3.63) is 36.4 Å². The third-order valence-electron chi connectivity index (χ3n) is 2.26. The molecule has 1 rings (SSSR count). The van der Waals surface area contributed by atoms with Crippen molar-refractivity contribution in [1.82, 2.24) is 5.32 Å². The number of carbonyl (C=O) groups is 2. The van der Waals surface area contributed by atoms with Crippen LogP contribution in [0.1, 0.15) is 10.4 Å². The van der Waals surface area contributed by atoms with E-state index in [1.807, 2.05) is 0 Å². The van der Waals surface area contributed by atoms with E-state index in [0.717, 1.165) is 17.6 Å². The van der Waals surface area contributed by atoms with Crippen LogP contribution in [0.2, 0.25) is 0 Å². The predicted octanol–water partition coefficient (Wildman–Crippen LogP) is 2.13. The molecule has 108 valence electrons. The molecule has 0 saturated carbocycles. The van der Waals surface area contributed by atoms with Gasteiger partial charge in [0.25, 0.3) is 0 Å². The molecule has 0 aliphatic heterocycles. The van der Waals surface area contributed by atoms with Crippen LogP contribution in [-0.4, -0.2) is 40.3 Å². The van der Waals surface area contributed by atoms with Crippen LogP contribution in [0, 0.1) is 0 Å². The summed E-state index contributed by atoms with van der Waals surface area (Å²) in [6.07, 6.45) is 1.78. The SMILES string of the molecule is C=CCSCCNC(=O)Nc1ccc(C(=O)O)cc1O. The summed E-state index contributed by atoms with van der Waals surface area (Å²) in [6, 6.07) is 3.27. The Morgan fingerprint density at radius 3 is 2.75 bits per heavy atom. The van der Waals surface area contributed by atoms with Crippen LogP contribution >= 0.6 is 11.8 Å². The molecule has 0 aromatic heterocycles. The number of carboxylic acids is 1. The molecule has 1 aromatic rings. The molecule has 20 heavy (non-hydrogen) atoms. The number of nitrogens with one attached hydrogen (secondary N) is 2. The maximum atomic E-state index is 11.5. The van der Waals surface area contributed by atoms with Gasteiger partial charge in [0.1, 0.15) is 5.75 Å². The largest absolute Gasteiger partial charge is 0.506 e. The van der Waals surface area contributed by atoms with Crippen LogP contribution < -0.4 is 10.6 Å². The van der Waals surface area contributed by atoms with Gasteiger partial charge in [-0.1, -0.05) is 6.08 Å². The van der Waals surface area contributed by atoms with Crippen LogP contribution in [0.3, 0.4) is 0 Å². The number of aromatic carboxylic acids is 1. The van der Waals surface area contributed by atoms with Gasteiger partial charge in [-0.2, -0.15) is 11.8 Å². The number of carboxylic acid groups (broad SMARTS) is 1. The first-order chi connectivity index (χ1) is 9.54. The Balaban J connectivity index is 2.45. The van der Waals surface area contributed by atoms with Crippen LogP contribution in [0.5, 0.6) is 5.75 Å². The standard InChI is InChI=1S/C13H16N2O4S/c1-2-6-20-7-5-14-13(19)15-10-4-3-9(12(17)18)8-11(10)16/h2-4,8,16H,1,5-7H2,(H,17,18)(H2,14,15,19). The van der Waals surface area contributed by atoms with E-state index >= 15 is 0 Å². The van der Waals surface area contributed by atoms with Crippen LogP contribution in [0.15, 0.2) is 30.9 Å². The number of carbonyl (C=O) groups excluding carboxylic acids is 1. The number of hydrogen-bond acceptors (Lipinski definition) is 4. The maximum Gasteiger partial charge on any atom is 0.335 e. The average molecular weight is 296 g/mol. The third-order valence-corrected chi connectivity index (χ3v) is 3.22. The number of phenols is 1. The average Bonchev–Trinajstić information content (AvgIpc) is 2.40. The summed E-state index contributed by atoms with van der Waals surface area (Å²) in [7, 11) is 0. The molecule has 2 amide bonds. The highest BCUT2D eigenvalue weighted by atomic mass is 32.2. The maximum absolute atomic E-state index is 11.5. The second-order valence-electron chi connectivity index (χ2n) is 3.78. The number of rotatable bonds is 7. The third kappa shape index (κ3) is 5.23. The first kappa shape index (κ1) is 15.9. The zero-order chi connectivity index (χ0) is 15.0. The molecule has 0 aliphatic rings. The highest BCUT2D eigenvalue weighted by Gasteiger charge is 2.09. The van der Waals surface area contributed by atoms with Crippen molar-refractivity contribution in [3.8, 4) is 5.75 Å². The number of benzene rings is 1. The van der Waals surface area contributed by atoms with Crippen molar-refractivity contribution in [2.75, 3.05) is 23.4 Å². The molecule has 1 aromatic carbocycles. The number of amides is 2. The molecule has 0 bridgehead atoms. The second kappa shape index (κ2) is 8.11. The minimum Gasteiger partial charge on any atom is -0.506 e. The summed E-state index contributed by atoms with van der Waals surface area (Å²) in [5.41, 5.74) is 0.112. The molecule has 0 heterocycles. The van der Waals surface area contributed by atoms with Crippen molar-refractivity contribution >= 4 is 29.4 Å². The number of aromatic hydroxyl groups is 1. The number of urea groups is 1. The summed E-state index contributed by atoms with van der Waals surface area (Å²) in [6.45, 7) is 4.07. The first-order valence-corrected chi connectivity index (χ1v) is 7.00. The van der Waals surface area contributed by atoms with Gasteiger partial charge in [0.2, 0.25) is 0 Å². The number of phenolic OH excluding ortho intramolecular Hbond substituents is 1. The lowest BCUT2D eigenvalue weighted by Crippen LogP contribution is -2.30. The topological polar surface area (TPSA) is 98.7 Å². The van der Waals surface area contributed by atoms with E-state index in [4.69, 9.17) is 5.11 Å². The van der Waals surface area contributed by atoms with Gasteiger partial charge < -0.3 is 20.8 Å². The first-order valence-electron chi connectivity index (χ1n) is 5.84. The van der Waals surface area contributed by atoms with E-state index in [1.165, 1.54) is 12.1 Å². The van der Waals surface area contributed by atoms with Gasteiger partial charge in [-0.25, -0.2) is 9.59 Å². The van der Waals surface area contributed by atoms with Gasteiger partial charge in [-0.15, -0.1) is 6.58 Å². The van der Waals surface area contributed by atoms with Crippen molar-refractivity contribution in [1.29, 1.82) is 0 Å². The molecule has 7 heteroatoms. The smallest absolute Gasteiger partial charge is 0.335 e. The van der Waals surface area contributed by atoms with E-state index in [9.17, 15) is 14.7 Å². The van der Waals surface area contributed by atoms with Crippen molar-refractivity contribution in [2.45, 2.75) is 0 Å². The quantitative estimate of drug-likeness (QED) is 0.351. The van der Waals surface area contributed by atoms with Gasteiger partial charge in [-0.3, -0.25) is 0 Å². The molecule has 0 aliphatic carbocycles. The molecule has 0 spiro atoms. The predicted molar refractivity (Wildman–Crippen MR) is 79.6 cm³/mol. The van der Waals surface area contributed by atoms with Gasteiger partial charge in [0.15, 0.2) is 0 Å². The van der Waals surface area contributed by atoms with Crippen LogP contribution in [0.4, 0.5) is 10.5 Å². The van der Waals surface area contributed by atoms with Gasteiger partial charge in [0, 0.05) is 18.1 Å². The van der Waals surface area contributed by atoms with Gasteiger partial charge >= 0.3 is 12.0 Å². The summed E-state index contributed by atoms with van der Waals surface area (Å²) in [5, 5.41) is 23.4. The van der Waals surface area contributed by atoms with E-state index in [2.05, 4.69) is 17.2 Å². The minimum absolute atomic E-state index is 0.0470. The van der Waals surface area contributed by atoms with E-state index < -0.39 is 12.0 Å². The number of anilines is 1. The molecule has 6 nitrogen and oxygen atoms in total. The molecule has 4 N–H and O–H groups in total. The Bertz CT molecular complexity index is 505. The molecule has 0 fully saturated rings. The Kier molecular flexibility index (Phi) is 6.45. The summed E-state index contributed by atoms with van der Waals surface area (Å²) >= 11 is 1.63. The Morgan fingerprint density at radius 2 is 2.15 bits per heavy atom. The zero-order valence-corrected chi connectivity index (χ0v) is 11.6. The van der Waals surface area contributed by atoms with Crippen LogP contribution in [0.25, 0.3) is 0 Å². The Labute approximate surface area is 120 Å². The zero-order valence-electron chi connectivity index (χ0n) is 10.8. The monoisotopic (exact) mass is 296 g/mol. The highest BCUT2D eigenvalue weighted by Crippen LogP contribution is 2.24. The Hall–Kier alpha value is -2.15. The molecular formula is C13H16N2O4S. The normalized spacial score (nSPS) is 9.80. The van der Waals surface area contributed by atoms with E-state index in [0.29, 0.717) is 6.54 Å². The summed E-state index contributed by atoms with van der Waals surface area (Å²) in [5.74, 6) is 0.140. The fraction of sp³-hybridized carbons (Fsp3) is 0.231. The lowest BCUT2D eigenvalue weighted by atomic mass is 10.2. The van der Waals surface area contributed by atoms with E-state index in [-0.39, 0.29) is 17.0 Å². The number of thioether (sulfide) groups is 1. The molecule has 0 atom stereocenters. The van der Waals surface area contributed by atoms with Crippen LogP contribution in [-0.2, 0) is 0 Å². The van der Waals surface area contributed by atoms with Crippen molar-refractivity contribution < 1.29 is 19.8 Å². The molecule has 0 saturated heterocycles. The van der Waals surface area contributed by atoms with Gasteiger partial charge in [-0.05, 0) is 18.2 Å². The fourth-order valence-corrected chi connectivity index (χ4v) is 1.92. The van der Waals surface area contributed by atoms with Crippen molar-refractivity contribution in [3.63, 3.8) is 0 Å². The second-order valence-corrected chi connectivity index (χ2v) is 4.93. The molecular weight excluding hydrogens is 280 g/mol. The molecule has 0 radical (unpaired) electrons. The summed E-state index contributed by atoms with van der Waals surface area (Å²) < 4.78 is 0. The lowest BCUT2D eigenvalue weighted by Gasteiger charge is -2.09. The molecule has 0 unspecified atom stereocenters. The van der Waals surface area contributed by atoms with E-state index in [1.54, 1.807) is 17.8 Å².